The van der Waals surface area contributed by atoms with Crippen LogP contribution in [0.2, 0.25) is 0 Å². The van der Waals surface area contributed by atoms with Gasteiger partial charge in [0, 0.05) is 18.0 Å². The van der Waals surface area contributed by atoms with E-state index in [-0.39, 0.29) is 30.9 Å². The van der Waals surface area contributed by atoms with Crippen LogP contribution in [0, 0.1) is 0 Å². The highest BCUT2D eigenvalue weighted by atomic mass is 35.5. The minimum absolute atomic E-state index is 0. The number of halogens is 2. The van der Waals surface area contributed by atoms with Gasteiger partial charge in [0.25, 0.3) is 0 Å². The molecule has 1 unspecified atom stereocenters. The van der Waals surface area contributed by atoms with Gasteiger partial charge in [-0.15, -0.1) is 24.8 Å². The lowest BCUT2D eigenvalue weighted by Gasteiger charge is -2.01. The third-order valence-electron chi connectivity index (χ3n) is 2.74. The summed E-state index contributed by atoms with van der Waals surface area (Å²) in [6.07, 6.45) is 5.67. The summed E-state index contributed by atoms with van der Waals surface area (Å²) in [6, 6.07) is 3.97. The molecule has 3 rings (SSSR count). The van der Waals surface area contributed by atoms with E-state index in [0.717, 1.165) is 24.9 Å². The molecule has 1 fully saturated rings. The van der Waals surface area contributed by atoms with Crippen LogP contribution in [-0.4, -0.2) is 21.7 Å². The lowest BCUT2D eigenvalue weighted by Crippen LogP contribution is -2.12. The third kappa shape index (κ3) is 2.98. The van der Waals surface area contributed by atoms with E-state index < -0.39 is 0 Å². The van der Waals surface area contributed by atoms with Gasteiger partial charge in [-0.25, -0.2) is 0 Å². The Balaban J connectivity index is 0.000000810. The van der Waals surface area contributed by atoms with Crippen molar-refractivity contribution in [2.45, 2.75) is 18.9 Å². The standard InChI is InChI=1S/C11H12N4O.2ClH/c1-2-9(13-5-1)11-14-10(15-16-11)8-3-6-12-7-4-8;;/h3-4,6-7,9,13H,1-2,5H2;2*1H. The molecule has 0 spiro atoms. The Bertz CT molecular complexity index is 471. The average molecular weight is 289 g/mol. The maximum absolute atomic E-state index is 5.26. The predicted molar refractivity (Wildman–Crippen MR) is 72.0 cm³/mol. The molecule has 0 radical (unpaired) electrons. The summed E-state index contributed by atoms with van der Waals surface area (Å²) in [7, 11) is 0. The largest absolute Gasteiger partial charge is 0.337 e. The Morgan fingerprint density at radius 1 is 1.22 bits per heavy atom. The molecule has 0 bridgehead atoms. The lowest BCUT2D eigenvalue weighted by atomic mass is 10.2. The number of nitrogens with zero attached hydrogens (tertiary/aromatic N) is 3. The van der Waals surface area contributed by atoms with Crippen molar-refractivity contribution in [3.05, 3.63) is 30.4 Å². The molecule has 0 aliphatic carbocycles. The van der Waals surface area contributed by atoms with Crippen molar-refractivity contribution in [3.63, 3.8) is 0 Å². The van der Waals surface area contributed by atoms with Crippen LogP contribution in [0.3, 0.4) is 0 Å². The first-order valence-corrected chi connectivity index (χ1v) is 5.41. The number of aromatic nitrogens is 3. The molecule has 5 nitrogen and oxygen atoms in total. The van der Waals surface area contributed by atoms with Gasteiger partial charge in [-0.3, -0.25) is 4.98 Å². The summed E-state index contributed by atoms with van der Waals surface area (Å²) < 4.78 is 5.26. The molecule has 1 saturated heterocycles. The van der Waals surface area contributed by atoms with Gasteiger partial charge < -0.3 is 9.84 Å². The molecular formula is C11H14Cl2N4O. The van der Waals surface area contributed by atoms with Crippen LogP contribution in [0.5, 0.6) is 0 Å². The van der Waals surface area contributed by atoms with Crippen molar-refractivity contribution in [1.82, 2.24) is 20.4 Å². The highest BCUT2D eigenvalue weighted by molar-refractivity contribution is 5.85. The SMILES string of the molecule is Cl.Cl.c1cc(-c2noc(C3CCCN3)n2)ccn1. The topological polar surface area (TPSA) is 63.8 Å². The number of rotatable bonds is 2. The van der Waals surface area contributed by atoms with Crippen LogP contribution in [0.15, 0.2) is 29.0 Å². The molecule has 1 atom stereocenters. The zero-order valence-corrected chi connectivity index (χ0v) is 11.2. The number of nitrogens with one attached hydrogen (secondary N) is 1. The second-order valence-electron chi connectivity index (χ2n) is 3.84. The minimum atomic E-state index is 0. The van der Waals surface area contributed by atoms with E-state index in [1.54, 1.807) is 12.4 Å². The van der Waals surface area contributed by atoms with E-state index in [2.05, 4.69) is 20.4 Å². The fraction of sp³-hybridized carbons (Fsp3) is 0.364. The first-order valence-electron chi connectivity index (χ1n) is 5.41. The zero-order chi connectivity index (χ0) is 10.8. The molecule has 2 aromatic heterocycles. The summed E-state index contributed by atoms with van der Waals surface area (Å²) in [6.45, 7) is 1.03. The van der Waals surface area contributed by atoms with E-state index in [0.29, 0.717) is 11.7 Å². The molecular weight excluding hydrogens is 275 g/mol. The van der Waals surface area contributed by atoms with E-state index in [1.807, 2.05) is 12.1 Å². The summed E-state index contributed by atoms with van der Waals surface area (Å²) in [5, 5.41) is 7.31. The predicted octanol–water partition coefficient (Wildman–Crippen LogP) is 2.40. The molecule has 0 amide bonds. The van der Waals surface area contributed by atoms with Crippen molar-refractivity contribution in [2.75, 3.05) is 6.54 Å². The first-order chi connectivity index (χ1) is 7.93. The highest BCUT2D eigenvalue weighted by Gasteiger charge is 2.22. The number of hydrogen-bond donors (Lipinski definition) is 1. The van der Waals surface area contributed by atoms with E-state index in [4.69, 9.17) is 4.52 Å². The van der Waals surface area contributed by atoms with Gasteiger partial charge in [0.1, 0.15) is 0 Å². The Morgan fingerprint density at radius 2 is 2.00 bits per heavy atom. The molecule has 98 valence electrons. The quantitative estimate of drug-likeness (QED) is 0.919. The van der Waals surface area contributed by atoms with Crippen LogP contribution in [0.25, 0.3) is 11.4 Å². The van der Waals surface area contributed by atoms with Gasteiger partial charge >= 0.3 is 0 Å². The van der Waals surface area contributed by atoms with Crippen LogP contribution < -0.4 is 5.32 Å². The lowest BCUT2D eigenvalue weighted by molar-refractivity contribution is 0.345. The van der Waals surface area contributed by atoms with Crippen LogP contribution in [0.1, 0.15) is 24.8 Å². The normalized spacial score (nSPS) is 17.9. The summed E-state index contributed by atoms with van der Waals surface area (Å²) >= 11 is 0. The maximum atomic E-state index is 5.26. The molecule has 1 aliphatic rings. The third-order valence-corrected chi connectivity index (χ3v) is 2.74. The second-order valence-corrected chi connectivity index (χ2v) is 3.84. The zero-order valence-electron chi connectivity index (χ0n) is 9.57. The van der Waals surface area contributed by atoms with Gasteiger partial charge in [-0.2, -0.15) is 4.98 Å². The van der Waals surface area contributed by atoms with E-state index in [1.165, 1.54) is 0 Å². The van der Waals surface area contributed by atoms with Gasteiger partial charge in [-0.05, 0) is 31.5 Å². The Morgan fingerprint density at radius 3 is 2.67 bits per heavy atom. The maximum Gasteiger partial charge on any atom is 0.244 e. The first kappa shape index (κ1) is 14.9. The van der Waals surface area contributed by atoms with Crippen molar-refractivity contribution in [2.24, 2.45) is 0 Å². The number of hydrogen-bond acceptors (Lipinski definition) is 5. The molecule has 1 N–H and O–H groups in total. The van der Waals surface area contributed by atoms with Crippen LogP contribution in [0.4, 0.5) is 0 Å². The minimum Gasteiger partial charge on any atom is -0.337 e. The van der Waals surface area contributed by atoms with Gasteiger partial charge in [-0.1, -0.05) is 5.16 Å². The molecule has 0 saturated carbocycles. The van der Waals surface area contributed by atoms with Crippen molar-refractivity contribution in [1.29, 1.82) is 0 Å². The summed E-state index contributed by atoms with van der Waals surface area (Å²) in [5.41, 5.74) is 0.933. The summed E-state index contributed by atoms with van der Waals surface area (Å²) in [4.78, 5) is 8.35. The smallest absolute Gasteiger partial charge is 0.244 e. The summed E-state index contributed by atoms with van der Waals surface area (Å²) in [5.74, 6) is 1.32. The van der Waals surface area contributed by atoms with Crippen molar-refractivity contribution < 1.29 is 4.52 Å². The van der Waals surface area contributed by atoms with Gasteiger partial charge in [0.2, 0.25) is 11.7 Å². The van der Waals surface area contributed by atoms with Gasteiger partial charge in [0.15, 0.2) is 0 Å². The monoisotopic (exact) mass is 288 g/mol. The van der Waals surface area contributed by atoms with Crippen LogP contribution in [-0.2, 0) is 0 Å². The average Bonchev–Trinajstić information content (AvgIpc) is 3.01. The molecule has 18 heavy (non-hydrogen) atoms. The van der Waals surface area contributed by atoms with Crippen molar-refractivity contribution >= 4 is 24.8 Å². The van der Waals surface area contributed by atoms with Crippen molar-refractivity contribution in [3.8, 4) is 11.4 Å². The fourth-order valence-electron chi connectivity index (χ4n) is 1.89. The highest BCUT2D eigenvalue weighted by Crippen LogP contribution is 2.23. The molecule has 7 heteroatoms. The molecule has 1 aliphatic heterocycles. The van der Waals surface area contributed by atoms with Crippen LogP contribution >= 0.6 is 24.8 Å². The van der Waals surface area contributed by atoms with Gasteiger partial charge in [0.05, 0.1) is 6.04 Å². The number of pyridine rings is 1. The molecule has 2 aromatic rings. The second kappa shape index (κ2) is 6.68. The van der Waals surface area contributed by atoms with E-state index in [9.17, 15) is 0 Å². The molecule has 3 heterocycles. The van der Waals surface area contributed by atoms with E-state index >= 15 is 0 Å². The Hall–Kier alpha value is -1.17. The fourth-order valence-corrected chi connectivity index (χ4v) is 1.89. The Kier molecular flexibility index (Phi) is 5.53. The Labute approximate surface area is 117 Å². The molecule has 0 aromatic carbocycles.